The zero-order valence-electron chi connectivity index (χ0n) is 15.0. The van der Waals surface area contributed by atoms with Crippen LogP contribution in [0.15, 0.2) is 78.9 Å². The summed E-state index contributed by atoms with van der Waals surface area (Å²) in [7, 11) is 3.31. The van der Waals surface area contributed by atoms with Crippen molar-refractivity contribution in [2.24, 2.45) is 0 Å². The first-order valence-corrected chi connectivity index (χ1v) is 8.36. The number of benzene rings is 3. The van der Waals surface area contributed by atoms with Gasteiger partial charge in [-0.1, -0.05) is 66.7 Å². The molecule has 0 aliphatic heterocycles. The smallest absolute Gasteiger partial charge is 0.161 e. The van der Waals surface area contributed by atoms with Crippen molar-refractivity contribution in [3.8, 4) is 11.5 Å². The lowest BCUT2D eigenvalue weighted by atomic mass is 9.98. The van der Waals surface area contributed by atoms with Crippen molar-refractivity contribution in [3.05, 3.63) is 95.6 Å². The molecule has 0 aromatic heterocycles. The fraction of sp³-hybridized carbons (Fsp3) is 0.182. The Morgan fingerprint density at radius 2 is 1.27 bits per heavy atom. The van der Waals surface area contributed by atoms with Crippen molar-refractivity contribution in [2.45, 2.75) is 12.6 Å². The monoisotopic (exact) mass is 369 g/mol. The summed E-state index contributed by atoms with van der Waals surface area (Å²) in [6.07, 6.45) is 0. The second kappa shape index (κ2) is 9.85. The molecule has 0 saturated heterocycles. The van der Waals surface area contributed by atoms with Gasteiger partial charge in [0.15, 0.2) is 11.5 Å². The lowest BCUT2D eigenvalue weighted by molar-refractivity contribution is 0.354. The minimum absolute atomic E-state index is 0. The van der Waals surface area contributed by atoms with Crippen LogP contribution in [-0.4, -0.2) is 14.2 Å². The Morgan fingerprint density at radius 1 is 0.731 bits per heavy atom. The highest BCUT2D eigenvalue weighted by Gasteiger charge is 2.13. The minimum atomic E-state index is 0. The highest BCUT2D eigenvalue weighted by atomic mass is 35.5. The van der Waals surface area contributed by atoms with Crippen LogP contribution in [0, 0.1) is 0 Å². The molecule has 0 aliphatic carbocycles. The first-order valence-electron chi connectivity index (χ1n) is 8.36. The Morgan fingerprint density at radius 3 is 1.77 bits per heavy atom. The Balaban J connectivity index is 0.00000243. The van der Waals surface area contributed by atoms with Crippen LogP contribution in [0.25, 0.3) is 0 Å². The average Bonchev–Trinajstić information content (AvgIpc) is 2.69. The number of methoxy groups -OCH3 is 2. The van der Waals surface area contributed by atoms with E-state index in [1.807, 2.05) is 24.3 Å². The van der Waals surface area contributed by atoms with E-state index in [9.17, 15) is 0 Å². The molecule has 0 heterocycles. The quantitative estimate of drug-likeness (QED) is 0.635. The normalized spacial score (nSPS) is 10.3. The van der Waals surface area contributed by atoms with Crippen LogP contribution in [0.5, 0.6) is 11.5 Å². The molecule has 0 spiro atoms. The van der Waals surface area contributed by atoms with Gasteiger partial charge in [0.05, 0.1) is 20.3 Å². The van der Waals surface area contributed by atoms with Crippen molar-refractivity contribution in [1.82, 2.24) is 5.32 Å². The van der Waals surface area contributed by atoms with Crippen LogP contribution in [0.3, 0.4) is 0 Å². The third kappa shape index (κ3) is 4.78. The van der Waals surface area contributed by atoms with Crippen molar-refractivity contribution < 1.29 is 9.47 Å². The summed E-state index contributed by atoms with van der Waals surface area (Å²) in [5.41, 5.74) is 3.64. The number of rotatable bonds is 7. The van der Waals surface area contributed by atoms with Gasteiger partial charge in [-0.3, -0.25) is 0 Å². The molecule has 136 valence electrons. The maximum atomic E-state index is 5.40. The Hall–Kier alpha value is -2.49. The van der Waals surface area contributed by atoms with Gasteiger partial charge >= 0.3 is 0 Å². The maximum absolute atomic E-state index is 5.40. The summed E-state index contributed by atoms with van der Waals surface area (Å²) in [5.74, 6) is 1.49. The highest BCUT2D eigenvalue weighted by Crippen LogP contribution is 2.28. The topological polar surface area (TPSA) is 30.5 Å². The molecule has 26 heavy (non-hydrogen) atoms. The van der Waals surface area contributed by atoms with E-state index in [1.165, 1.54) is 11.1 Å². The number of ether oxygens (including phenoxy) is 2. The van der Waals surface area contributed by atoms with E-state index in [4.69, 9.17) is 9.47 Å². The molecule has 1 N–H and O–H groups in total. The zero-order chi connectivity index (χ0) is 17.5. The number of hydrogen-bond donors (Lipinski definition) is 1. The summed E-state index contributed by atoms with van der Waals surface area (Å²) >= 11 is 0. The molecule has 0 aliphatic rings. The van der Waals surface area contributed by atoms with Crippen LogP contribution in [0.2, 0.25) is 0 Å². The number of halogens is 1. The van der Waals surface area contributed by atoms with E-state index in [1.54, 1.807) is 14.2 Å². The summed E-state index contributed by atoms with van der Waals surface area (Å²) in [5, 5.41) is 3.66. The van der Waals surface area contributed by atoms with Gasteiger partial charge < -0.3 is 14.8 Å². The van der Waals surface area contributed by atoms with Gasteiger partial charge in [-0.15, -0.1) is 12.4 Å². The summed E-state index contributed by atoms with van der Waals surface area (Å²) < 4.78 is 10.7. The summed E-state index contributed by atoms with van der Waals surface area (Å²) in [6.45, 7) is 0.731. The third-order valence-corrected chi connectivity index (χ3v) is 4.22. The van der Waals surface area contributed by atoms with Crippen LogP contribution >= 0.6 is 12.4 Å². The minimum Gasteiger partial charge on any atom is -0.493 e. The molecule has 0 fully saturated rings. The number of hydrogen-bond acceptors (Lipinski definition) is 3. The van der Waals surface area contributed by atoms with Crippen molar-refractivity contribution in [2.75, 3.05) is 14.2 Å². The molecule has 3 aromatic rings. The van der Waals surface area contributed by atoms with E-state index >= 15 is 0 Å². The van der Waals surface area contributed by atoms with Crippen LogP contribution < -0.4 is 14.8 Å². The summed E-state index contributed by atoms with van der Waals surface area (Å²) in [4.78, 5) is 0. The van der Waals surface area contributed by atoms with Crippen LogP contribution in [0.4, 0.5) is 0 Å². The van der Waals surface area contributed by atoms with Crippen LogP contribution in [0.1, 0.15) is 22.7 Å². The van der Waals surface area contributed by atoms with Crippen molar-refractivity contribution >= 4 is 12.4 Å². The molecule has 0 atom stereocenters. The first kappa shape index (κ1) is 19.8. The molecular formula is C22H24ClNO2. The maximum Gasteiger partial charge on any atom is 0.161 e. The molecule has 0 radical (unpaired) electrons. The van der Waals surface area contributed by atoms with Crippen molar-refractivity contribution in [3.63, 3.8) is 0 Å². The molecule has 0 saturated carbocycles. The molecular weight excluding hydrogens is 346 g/mol. The predicted molar refractivity (Wildman–Crippen MR) is 108 cm³/mol. The lowest BCUT2D eigenvalue weighted by Gasteiger charge is -2.20. The lowest BCUT2D eigenvalue weighted by Crippen LogP contribution is -2.22. The van der Waals surface area contributed by atoms with E-state index in [0.29, 0.717) is 0 Å². The predicted octanol–water partition coefficient (Wildman–Crippen LogP) is 5.00. The molecule has 0 bridgehead atoms. The molecule has 3 rings (SSSR count). The molecule has 0 unspecified atom stereocenters. The fourth-order valence-electron chi connectivity index (χ4n) is 2.93. The largest absolute Gasteiger partial charge is 0.493 e. The average molecular weight is 370 g/mol. The van der Waals surface area contributed by atoms with E-state index in [0.717, 1.165) is 23.6 Å². The Kier molecular flexibility index (Phi) is 7.52. The van der Waals surface area contributed by atoms with Gasteiger partial charge in [0.2, 0.25) is 0 Å². The molecule has 3 aromatic carbocycles. The van der Waals surface area contributed by atoms with Gasteiger partial charge in [-0.2, -0.15) is 0 Å². The fourth-order valence-corrected chi connectivity index (χ4v) is 2.93. The van der Waals surface area contributed by atoms with Crippen molar-refractivity contribution in [1.29, 1.82) is 0 Å². The standard InChI is InChI=1S/C22H23NO2.ClH/c1-24-20-14-13-17(15-21(20)25-2)16-23-22(18-9-5-3-6-10-18)19-11-7-4-8-12-19;/h3-15,22-23H,16H2,1-2H3;1H. The number of nitrogens with one attached hydrogen (secondary N) is 1. The second-order valence-electron chi connectivity index (χ2n) is 5.82. The first-order chi connectivity index (χ1) is 12.3. The third-order valence-electron chi connectivity index (χ3n) is 4.22. The van der Waals surface area contributed by atoms with E-state index < -0.39 is 0 Å². The van der Waals surface area contributed by atoms with Gasteiger partial charge in [0, 0.05) is 6.54 Å². The van der Waals surface area contributed by atoms with Gasteiger partial charge in [0.25, 0.3) is 0 Å². The van der Waals surface area contributed by atoms with E-state index in [2.05, 4.69) is 59.9 Å². The van der Waals surface area contributed by atoms with Gasteiger partial charge in [0.1, 0.15) is 0 Å². The molecule has 4 heteroatoms. The van der Waals surface area contributed by atoms with Crippen LogP contribution in [-0.2, 0) is 6.54 Å². The summed E-state index contributed by atoms with van der Waals surface area (Å²) in [6, 6.07) is 27.1. The second-order valence-corrected chi connectivity index (χ2v) is 5.82. The zero-order valence-corrected chi connectivity index (χ0v) is 15.8. The Bertz CT molecular complexity index is 754. The van der Waals surface area contributed by atoms with E-state index in [-0.39, 0.29) is 18.4 Å². The molecule has 0 amide bonds. The van der Waals surface area contributed by atoms with Gasteiger partial charge in [-0.25, -0.2) is 0 Å². The Labute approximate surface area is 161 Å². The molecule has 3 nitrogen and oxygen atoms in total. The SMILES string of the molecule is COc1ccc(CNC(c2ccccc2)c2ccccc2)cc1OC.Cl. The highest BCUT2D eigenvalue weighted by molar-refractivity contribution is 5.85. The van der Waals surface area contributed by atoms with Gasteiger partial charge in [-0.05, 0) is 28.8 Å².